The summed E-state index contributed by atoms with van der Waals surface area (Å²) in [6, 6.07) is 16.0. The zero-order valence-corrected chi connectivity index (χ0v) is 14.5. The molecule has 0 amide bonds. The third kappa shape index (κ3) is 4.55. The second-order valence-electron chi connectivity index (χ2n) is 5.37. The first-order valence-electron chi connectivity index (χ1n) is 8.19. The molecule has 0 radical (unpaired) electrons. The summed E-state index contributed by atoms with van der Waals surface area (Å²) in [6.07, 6.45) is 1.47. The fourth-order valence-corrected chi connectivity index (χ4v) is 2.28. The molecule has 0 bridgehead atoms. The van der Waals surface area contributed by atoms with Crippen molar-refractivity contribution in [2.45, 2.75) is 6.92 Å². The lowest BCUT2D eigenvalue weighted by Crippen LogP contribution is -2.05. The summed E-state index contributed by atoms with van der Waals surface area (Å²) in [5.41, 5.74) is 2.28. The first-order chi connectivity index (χ1) is 13.2. The number of esters is 1. The van der Waals surface area contributed by atoms with Crippen LogP contribution in [0, 0.1) is 11.3 Å². The van der Waals surface area contributed by atoms with Gasteiger partial charge in [0, 0.05) is 5.69 Å². The average Bonchev–Trinajstić information content (AvgIpc) is 2.69. The van der Waals surface area contributed by atoms with E-state index in [2.05, 4.69) is 31.9 Å². The van der Waals surface area contributed by atoms with Gasteiger partial charge in [-0.1, -0.05) is 12.1 Å². The maximum absolute atomic E-state index is 11.7. The third-order valence-corrected chi connectivity index (χ3v) is 3.52. The Labute approximate surface area is 155 Å². The van der Waals surface area contributed by atoms with Crippen molar-refractivity contribution in [2.24, 2.45) is 0 Å². The summed E-state index contributed by atoms with van der Waals surface area (Å²) in [5, 5.41) is 23.0. The highest BCUT2D eigenvalue weighted by Crippen LogP contribution is 2.19. The van der Waals surface area contributed by atoms with E-state index >= 15 is 0 Å². The van der Waals surface area contributed by atoms with E-state index in [4.69, 9.17) is 10.00 Å². The lowest BCUT2D eigenvalue weighted by atomic mass is 10.2. The fraction of sp³-hybridized carbons (Fsp3) is 0.105. The van der Waals surface area contributed by atoms with Gasteiger partial charge in [-0.3, -0.25) is 0 Å². The van der Waals surface area contributed by atoms with Gasteiger partial charge < -0.3 is 15.4 Å². The van der Waals surface area contributed by atoms with Crippen LogP contribution in [0.4, 0.5) is 23.1 Å². The molecule has 0 fully saturated rings. The lowest BCUT2D eigenvalue weighted by molar-refractivity contribution is 0.0526. The normalized spacial score (nSPS) is 9.93. The number of rotatable bonds is 6. The first-order valence-corrected chi connectivity index (χ1v) is 8.19. The number of nitrogens with one attached hydrogen (secondary N) is 2. The first kappa shape index (κ1) is 17.8. The van der Waals surface area contributed by atoms with E-state index in [9.17, 15) is 4.79 Å². The van der Waals surface area contributed by atoms with Crippen molar-refractivity contribution in [3.8, 4) is 6.07 Å². The molecule has 0 aliphatic rings. The monoisotopic (exact) mass is 360 g/mol. The Balaban J connectivity index is 1.72. The van der Waals surface area contributed by atoms with Crippen LogP contribution < -0.4 is 10.6 Å². The van der Waals surface area contributed by atoms with Crippen molar-refractivity contribution in [3.05, 3.63) is 65.9 Å². The summed E-state index contributed by atoms with van der Waals surface area (Å²) in [6.45, 7) is 2.09. The fourth-order valence-electron chi connectivity index (χ4n) is 2.28. The van der Waals surface area contributed by atoms with Crippen LogP contribution in [0.15, 0.2) is 54.7 Å². The molecule has 8 heteroatoms. The number of para-hydroxylation sites is 1. The van der Waals surface area contributed by atoms with E-state index in [1.54, 1.807) is 49.4 Å². The molecule has 3 rings (SSSR count). The number of hydrogen-bond donors (Lipinski definition) is 2. The SMILES string of the molecule is CCOC(=O)c1ccc(Nc2cnnc(Nc3ccccc3C#N)n2)cc1. The molecule has 2 aromatic carbocycles. The number of nitrogens with zero attached hydrogens (tertiary/aromatic N) is 4. The maximum atomic E-state index is 11.7. The molecular weight excluding hydrogens is 344 g/mol. The van der Waals surface area contributed by atoms with Crippen LogP contribution in [-0.4, -0.2) is 27.8 Å². The lowest BCUT2D eigenvalue weighted by Gasteiger charge is -2.09. The van der Waals surface area contributed by atoms with Crippen LogP contribution in [0.5, 0.6) is 0 Å². The Morgan fingerprint density at radius 3 is 2.67 bits per heavy atom. The van der Waals surface area contributed by atoms with E-state index < -0.39 is 0 Å². The van der Waals surface area contributed by atoms with Gasteiger partial charge in [0.15, 0.2) is 5.82 Å². The predicted octanol–water partition coefficient (Wildman–Crippen LogP) is 3.41. The van der Waals surface area contributed by atoms with Crippen LogP contribution in [0.3, 0.4) is 0 Å². The third-order valence-electron chi connectivity index (χ3n) is 3.52. The van der Waals surface area contributed by atoms with Crippen LogP contribution in [0.25, 0.3) is 0 Å². The summed E-state index contributed by atoms with van der Waals surface area (Å²) in [4.78, 5) is 16.0. The standard InChI is InChI=1S/C19H16N6O2/c1-2-27-18(26)13-7-9-15(10-8-13)22-17-12-21-25-19(24-17)23-16-6-4-3-5-14(16)11-20/h3-10,12H,2H2,1H3,(H2,22,23,24,25). The predicted molar refractivity (Wildman–Crippen MR) is 99.9 cm³/mol. The van der Waals surface area contributed by atoms with Crippen LogP contribution in [-0.2, 0) is 4.74 Å². The number of anilines is 4. The molecule has 0 saturated carbocycles. The number of nitriles is 1. The number of benzene rings is 2. The molecule has 0 spiro atoms. The van der Waals surface area contributed by atoms with Gasteiger partial charge in [0.1, 0.15) is 6.07 Å². The smallest absolute Gasteiger partial charge is 0.338 e. The van der Waals surface area contributed by atoms with Crippen molar-refractivity contribution >= 4 is 29.1 Å². The van der Waals surface area contributed by atoms with Gasteiger partial charge in [0.25, 0.3) is 0 Å². The van der Waals surface area contributed by atoms with E-state index in [1.165, 1.54) is 6.20 Å². The van der Waals surface area contributed by atoms with Gasteiger partial charge in [0.05, 0.1) is 29.6 Å². The van der Waals surface area contributed by atoms with Gasteiger partial charge in [-0.05, 0) is 43.3 Å². The molecule has 134 valence electrons. The molecule has 1 heterocycles. The van der Waals surface area contributed by atoms with Crippen molar-refractivity contribution < 1.29 is 9.53 Å². The van der Waals surface area contributed by atoms with E-state index in [1.807, 2.05) is 6.07 Å². The molecule has 1 aromatic heterocycles. The van der Waals surface area contributed by atoms with Crippen LogP contribution in [0.2, 0.25) is 0 Å². The molecule has 27 heavy (non-hydrogen) atoms. The Bertz CT molecular complexity index is 982. The highest BCUT2D eigenvalue weighted by Gasteiger charge is 2.07. The van der Waals surface area contributed by atoms with E-state index in [0.717, 1.165) is 5.69 Å². The number of ether oxygens (including phenoxy) is 1. The second-order valence-corrected chi connectivity index (χ2v) is 5.37. The number of carbonyl (C=O) groups excluding carboxylic acids is 1. The summed E-state index contributed by atoms with van der Waals surface area (Å²) >= 11 is 0. The van der Waals surface area contributed by atoms with Crippen molar-refractivity contribution in [2.75, 3.05) is 17.2 Å². The zero-order valence-electron chi connectivity index (χ0n) is 14.5. The average molecular weight is 360 g/mol. The summed E-state index contributed by atoms with van der Waals surface area (Å²) in [5.74, 6) is 0.354. The molecule has 3 aromatic rings. The zero-order chi connectivity index (χ0) is 19.1. The number of carbonyl (C=O) groups is 1. The minimum Gasteiger partial charge on any atom is -0.462 e. The molecule has 0 saturated heterocycles. The highest BCUT2D eigenvalue weighted by atomic mass is 16.5. The van der Waals surface area contributed by atoms with E-state index in [-0.39, 0.29) is 11.9 Å². The molecule has 0 atom stereocenters. The summed E-state index contributed by atoms with van der Waals surface area (Å²) in [7, 11) is 0. The van der Waals surface area contributed by atoms with Crippen molar-refractivity contribution in [1.82, 2.24) is 15.2 Å². The molecule has 0 unspecified atom stereocenters. The summed E-state index contributed by atoms with van der Waals surface area (Å²) < 4.78 is 4.96. The van der Waals surface area contributed by atoms with Gasteiger partial charge in [0.2, 0.25) is 5.95 Å². The molecule has 0 aliphatic carbocycles. The van der Waals surface area contributed by atoms with Gasteiger partial charge in [-0.15, -0.1) is 5.10 Å². The minimum absolute atomic E-state index is 0.255. The topological polar surface area (TPSA) is 113 Å². The largest absolute Gasteiger partial charge is 0.462 e. The molecule has 0 aliphatic heterocycles. The molecular formula is C19H16N6O2. The van der Waals surface area contributed by atoms with Crippen LogP contribution >= 0.6 is 0 Å². The molecule has 2 N–H and O–H groups in total. The van der Waals surface area contributed by atoms with Gasteiger partial charge >= 0.3 is 5.97 Å². The Morgan fingerprint density at radius 1 is 1.15 bits per heavy atom. The minimum atomic E-state index is -0.365. The Kier molecular flexibility index (Phi) is 5.54. The van der Waals surface area contributed by atoms with Gasteiger partial charge in [-0.2, -0.15) is 15.3 Å². The Morgan fingerprint density at radius 2 is 1.93 bits per heavy atom. The van der Waals surface area contributed by atoms with Gasteiger partial charge in [-0.25, -0.2) is 4.79 Å². The van der Waals surface area contributed by atoms with Crippen LogP contribution in [0.1, 0.15) is 22.8 Å². The highest BCUT2D eigenvalue weighted by molar-refractivity contribution is 5.89. The van der Waals surface area contributed by atoms with E-state index in [0.29, 0.717) is 29.2 Å². The Hall–Kier alpha value is -3.99. The maximum Gasteiger partial charge on any atom is 0.338 e. The quantitative estimate of drug-likeness (QED) is 0.643. The molecule has 8 nitrogen and oxygen atoms in total. The van der Waals surface area contributed by atoms with Crippen molar-refractivity contribution in [3.63, 3.8) is 0 Å². The number of hydrogen-bond acceptors (Lipinski definition) is 8. The second kappa shape index (κ2) is 8.40. The van der Waals surface area contributed by atoms with Crippen molar-refractivity contribution in [1.29, 1.82) is 5.26 Å². The number of aromatic nitrogens is 3.